The molecule has 11 heteroatoms. The van der Waals surface area contributed by atoms with Crippen molar-refractivity contribution in [2.24, 2.45) is 0 Å². The third-order valence-corrected chi connectivity index (χ3v) is 7.45. The summed E-state index contributed by atoms with van der Waals surface area (Å²) in [6, 6.07) is 7.11. The van der Waals surface area contributed by atoms with Crippen molar-refractivity contribution in [3.8, 4) is 11.1 Å². The smallest absolute Gasteiger partial charge is 0.229 e. The van der Waals surface area contributed by atoms with Crippen LogP contribution < -0.4 is 9.80 Å². The minimum atomic E-state index is -0.825. The van der Waals surface area contributed by atoms with E-state index in [2.05, 4.69) is 25.0 Å². The number of aliphatic hydroxyl groups is 1. The second-order valence-electron chi connectivity index (χ2n) is 10.5. The molecule has 4 heterocycles. The van der Waals surface area contributed by atoms with Crippen LogP contribution in [0.3, 0.4) is 0 Å². The first-order chi connectivity index (χ1) is 18.8. The Hall–Kier alpha value is -3.99. The number of nitrogens with zero attached hydrogens (tertiary/aromatic N) is 6. The summed E-state index contributed by atoms with van der Waals surface area (Å²) in [6.07, 6.45) is 2.16. The van der Waals surface area contributed by atoms with Gasteiger partial charge in [0.1, 0.15) is 23.8 Å². The highest BCUT2D eigenvalue weighted by Gasteiger charge is 2.31. The minimum absolute atomic E-state index is 0.0386. The highest BCUT2D eigenvalue weighted by molar-refractivity contribution is 6.00. The fourth-order valence-electron chi connectivity index (χ4n) is 5.40. The van der Waals surface area contributed by atoms with Crippen molar-refractivity contribution in [2.75, 3.05) is 29.4 Å². The third kappa shape index (κ3) is 4.71. The molecule has 9 nitrogen and oxygen atoms in total. The molecule has 2 aliphatic rings. The van der Waals surface area contributed by atoms with Crippen LogP contribution in [0.5, 0.6) is 0 Å². The topological polar surface area (TPSA) is 108 Å². The van der Waals surface area contributed by atoms with Gasteiger partial charge in [0.2, 0.25) is 11.8 Å². The molecule has 2 saturated heterocycles. The Bertz CT molecular complexity index is 1550. The van der Waals surface area contributed by atoms with Gasteiger partial charge in [-0.2, -0.15) is 4.98 Å². The Kier molecular flexibility index (Phi) is 6.46. The van der Waals surface area contributed by atoms with E-state index in [0.717, 1.165) is 18.7 Å². The summed E-state index contributed by atoms with van der Waals surface area (Å²) < 4.78 is 35.5. The number of piperidine rings is 1. The Labute approximate surface area is 223 Å². The van der Waals surface area contributed by atoms with Gasteiger partial charge in [-0.3, -0.25) is 4.79 Å². The average molecular weight is 535 g/mol. The minimum Gasteiger partial charge on any atom is -0.391 e. The fourth-order valence-corrected chi connectivity index (χ4v) is 5.40. The van der Waals surface area contributed by atoms with Gasteiger partial charge < -0.3 is 19.4 Å². The largest absolute Gasteiger partial charge is 0.391 e. The van der Waals surface area contributed by atoms with Crippen molar-refractivity contribution in [2.45, 2.75) is 51.0 Å². The summed E-state index contributed by atoms with van der Waals surface area (Å²) in [7, 11) is 0. The van der Waals surface area contributed by atoms with Gasteiger partial charge in [0.25, 0.3) is 0 Å². The monoisotopic (exact) mass is 534 g/mol. The maximum atomic E-state index is 15.2. The van der Waals surface area contributed by atoms with Crippen molar-refractivity contribution < 1.29 is 23.2 Å². The van der Waals surface area contributed by atoms with Crippen LogP contribution in [0.25, 0.3) is 22.0 Å². The highest BCUT2D eigenvalue weighted by Crippen LogP contribution is 2.37. The maximum absolute atomic E-state index is 15.2. The van der Waals surface area contributed by atoms with Crippen LogP contribution in [0.2, 0.25) is 0 Å². The number of benzene rings is 2. The number of carbonyl (C=O) groups is 1. The molecule has 1 unspecified atom stereocenters. The number of amides is 1. The first kappa shape index (κ1) is 25.3. The SMILES string of the molecule is CC(C)c1nc(C2CCN(c3ncnc4c(-c5ccc(N6CC(O)CC6=O)c(F)c5)cc(F)cc34)CC2)no1. The van der Waals surface area contributed by atoms with E-state index in [1.807, 2.05) is 13.8 Å². The number of fused-ring (bicyclic) bond motifs is 1. The number of carbonyl (C=O) groups excluding carboxylic acids is 1. The standard InChI is InChI=1S/C28H28F2N6O3/c1-15(2)28-33-26(34-39-28)16-5-7-35(8-6-16)27-21-11-18(29)10-20(25(21)31-14-32-27)17-3-4-23(22(30)9-17)36-13-19(37)12-24(36)38/h3-4,9-11,14-16,19,37H,5-8,12-13H2,1-2H3. The predicted octanol–water partition coefficient (Wildman–Crippen LogP) is 4.56. The van der Waals surface area contributed by atoms with Gasteiger partial charge in [-0.15, -0.1) is 0 Å². The second-order valence-corrected chi connectivity index (χ2v) is 10.5. The molecule has 0 aliphatic carbocycles. The van der Waals surface area contributed by atoms with Gasteiger partial charge >= 0.3 is 0 Å². The maximum Gasteiger partial charge on any atom is 0.229 e. The summed E-state index contributed by atoms with van der Waals surface area (Å²) in [4.78, 5) is 28.9. The average Bonchev–Trinajstić information content (AvgIpc) is 3.54. The summed E-state index contributed by atoms with van der Waals surface area (Å²) in [5.41, 5.74) is 1.44. The Morgan fingerprint density at radius 3 is 2.56 bits per heavy atom. The summed E-state index contributed by atoms with van der Waals surface area (Å²) in [5, 5.41) is 14.5. The van der Waals surface area contributed by atoms with Crippen LogP contribution in [0.15, 0.2) is 41.2 Å². The van der Waals surface area contributed by atoms with E-state index in [-0.39, 0.29) is 36.4 Å². The second kappa shape index (κ2) is 9.96. The van der Waals surface area contributed by atoms with Crippen LogP contribution in [0.4, 0.5) is 20.3 Å². The lowest BCUT2D eigenvalue weighted by Crippen LogP contribution is -2.34. The van der Waals surface area contributed by atoms with Gasteiger partial charge in [-0.05, 0) is 42.7 Å². The van der Waals surface area contributed by atoms with Gasteiger partial charge in [0.15, 0.2) is 5.82 Å². The molecule has 1 atom stereocenters. The predicted molar refractivity (Wildman–Crippen MR) is 140 cm³/mol. The summed E-state index contributed by atoms with van der Waals surface area (Å²) in [6.45, 7) is 5.41. The Balaban J connectivity index is 1.29. The van der Waals surface area contributed by atoms with Gasteiger partial charge in [-0.1, -0.05) is 25.1 Å². The molecule has 1 amide bonds. The molecule has 2 aliphatic heterocycles. The lowest BCUT2D eigenvalue weighted by Gasteiger charge is -2.32. The van der Waals surface area contributed by atoms with Crippen LogP contribution in [0.1, 0.15) is 56.7 Å². The normalized spacial score (nSPS) is 18.6. The molecule has 0 radical (unpaired) electrons. The van der Waals surface area contributed by atoms with Crippen molar-refractivity contribution in [3.05, 3.63) is 60.0 Å². The van der Waals surface area contributed by atoms with E-state index in [1.54, 1.807) is 6.07 Å². The number of halogens is 2. The molecule has 1 N–H and O–H groups in total. The fraction of sp³-hybridized carbons (Fsp3) is 0.393. The molecule has 2 fully saturated rings. The molecule has 6 rings (SSSR count). The zero-order valence-electron chi connectivity index (χ0n) is 21.6. The Morgan fingerprint density at radius 1 is 1.10 bits per heavy atom. The van der Waals surface area contributed by atoms with E-state index >= 15 is 4.39 Å². The molecule has 2 aromatic heterocycles. The lowest BCUT2D eigenvalue weighted by atomic mass is 9.95. The van der Waals surface area contributed by atoms with Gasteiger partial charge in [0, 0.05) is 35.9 Å². The molecular formula is C28H28F2N6O3. The quantitative estimate of drug-likeness (QED) is 0.397. The molecule has 2 aromatic carbocycles. The van der Waals surface area contributed by atoms with Crippen molar-refractivity contribution in [1.29, 1.82) is 0 Å². The molecular weight excluding hydrogens is 506 g/mol. The molecule has 4 aromatic rings. The van der Waals surface area contributed by atoms with E-state index in [9.17, 15) is 14.3 Å². The highest BCUT2D eigenvalue weighted by atomic mass is 19.1. The van der Waals surface area contributed by atoms with Crippen LogP contribution >= 0.6 is 0 Å². The number of rotatable bonds is 5. The van der Waals surface area contributed by atoms with E-state index in [4.69, 9.17) is 4.52 Å². The van der Waals surface area contributed by atoms with Crippen molar-refractivity contribution in [1.82, 2.24) is 20.1 Å². The number of aliphatic hydroxyl groups excluding tert-OH is 1. The number of anilines is 2. The summed E-state index contributed by atoms with van der Waals surface area (Å²) in [5.74, 6) is 0.840. The van der Waals surface area contributed by atoms with E-state index in [0.29, 0.717) is 46.8 Å². The van der Waals surface area contributed by atoms with Gasteiger partial charge in [0.05, 0.1) is 30.3 Å². The van der Waals surface area contributed by atoms with Crippen LogP contribution in [0, 0.1) is 11.6 Å². The zero-order chi connectivity index (χ0) is 27.3. The Morgan fingerprint density at radius 2 is 1.90 bits per heavy atom. The van der Waals surface area contributed by atoms with E-state index < -0.39 is 17.7 Å². The zero-order valence-corrected chi connectivity index (χ0v) is 21.6. The van der Waals surface area contributed by atoms with Crippen molar-refractivity contribution in [3.63, 3.8) is 0 Å². The van der Waals surface area contributed by atoms with Crippen molar-refractivity contribution >= 4 is 28.3 Å². The van der Waals surface area contributed by atoms with E-state index in [1.165, 1.54) is 35.5 Å². The number of hydrogen-bond donors (Lipinski definition) is 1. The van der Waals surface area contributed by atoms with Crippen LogP contribution in [-0.2, 0) is 4.79 Å². The molecule has 0 saturated carbocycles. The first-order valence-electron chi connectivity index (χ1n) is 13.1. The molecule has 202 valence electrons. The number of aromatic nitrogens is 4. The molecule has 0 spiro atoms. The first-order valence-corrected chi connectivity index (χ1v) is 13.1. The summed E-state index contributed by atoms with van der Waals surface area (Å²) >= 11 is 0. The van der Waals surface area contributed by atoms with Gasteiger partial charge in [-0.25, -0.2) is 18.7 Å². The molecule has 0 bridgehead atoms. The number of β-amino-alcohol motifs (C(OH)–C–C–N with tert-alkyl or cyclic N) is 1. The lowest BCUT2D eigenvalue weighted by molar-refractivity contribution is -0.117. The number of hydrogen-bond acceptors (Lipinski definition) is 8. The third-order valence-electron chi connectivity index (χ3n) is 7.45. The molecule has 39 heavy (non-hydrogen) atoms. The van der Waals surface area contributed by atoms with Crippen LogP contribution in [-0.4, -0.2) is 56.9 Å².